The standard InChI is InChI=1S/C14H22N2O2/c1-3-5-10-16(11-6-4-2)12-8-7-9-15-13(12)14(17)18/h7-9H,3-6,10-11H2,1-2H3,(H,17,18). The molecule has 0 amide bonds. The van der Waals surface area contributed by atoms with Crippen LogP contribution in [0.2, 0.25) is 0 Å². The van der Waals surface area contributed by atoms with Crippen molar-refractivity contribution in [3.05, 3.63) is 24.0 Å². The first-order valence-electron chi connectivity index (χ1n) is 6.64. The van der Waals surface area contributed by atoms with Gasteiger partial charge in [0.2, 0.25) is 0 Å². The largest absolute Gasteiger partial charge is 0.476 e. The minimum absolute atomic E-state index is 0.157. The first-order valence-corrected chi connectivity index (χ1v) is 6.64. The molecule has 0 unspecified atom stereocenters. The zero-order valence-corrected chi connectivity index (χ0v) is 11.2. The number of hydrogen-bond donors (Lipinski definition) is 1. The second-order valence-corrected chi connectivity index (χ2v) is 4.37. The van der Waals surface area contributed by atoms with Crippen molar-refractivity contribution in [3.63, 3.8) is 0 Å². The number of nitrogens with zero attached hydrogens (tertiary/aromatic N) is 2. The second-order valence-electron chi connectivity index (χ2n) is 4.37. The molecule has 0 radical (unpaired) electrons. The molecule has 1 heterocycles. The van der Waals surface area contributed by atoms with Gasteiger partial charge < -0.3 is 10.0 Å². The summed E-state index contributed by atoms with van der Waals surface area (Å²) in [5.74, 6) is -0.955. The summed E-state index contributed by atoms with van der Waals surface area (Å²) >= 11 is 0. The van der Waals surface area contributed by atoms with Crippen molar-refractivity contribution in [2.75, 3.05) is 18.0 Å². The molecule has 0 saturated carbocycles. The summed E-state index contributed by atoms with van der Waals surface area (Å²) < 4.78 is 0. The van der Waals surface area contributed by atoms with E-state index in [0.717, 1.165) is 44.5 Å². The maximum atomic E-state index is 11.2. The molecular weight excluding hydrogens is 228 g/mol. The zero-order valence-electron chi connectivity index (χ0n) is 11.2. The van der Waals surface area contributed by atoms with Crippen LogP contribution >= 0.6 is 0 Å². The number of carbonyl (C=O) groups is 1. The SMILES string of the molecule is CCCCN(CCCC)c1cccnc1C(=O)O. The Morgan fingerprint density at radius 1 is 1.28 bits per heavy atom. The molecule has 0 aliphatic rings. The van der Waals surface area contributed by atoms with Gasteiger partial charge in [-0.15, -0.1) is 0 Å². The average Bonchev–Trinajstić information content (AvgIpc) is 2.39. The third kappa shape index (κ3) is 4.02. The summed E-state index contributed by atoms with van der Waals surface area (Å²) in [5.41, 5.74) is 0.900. The molecule has 1 rings (SSSR count). The third-order valence-electron chi connectivity index (χ3n) is 2.89. The summed E-state index contributed by atoms with van der Waals surface area (Å²) in [6.45, 7) is 6.06. The molecule has 1 aromatic heterocycles. The van der Waals surface area contributed by atoms with Crippen LogP contribution < -0.4 is 4.90 Å². The van der Waals surface area contributed by atoms with Crippen LogP contribution in [0.15, 0.2) is 18.3 Å². The van der Waals surface area contributed by atoms with Gasteiger partial charge >= 0.3 is 5.97 Å². The van der Waals surface area contributed by atoms with Crippen molar-refractivity contribution in [2.24, 2.45) is 0 Å². The predicted octanol–water partition coefficient (Wildman–Crippen LogP) is 3.19. The summed E-state index contributed by atoms with van der Waals surface area (Å²) in [6, 6.07) is 3.65. The molecule has 0 fully saturated rings. The number of carboxylic acids is 1. The van der Waals surface area contributed by atoms with Crippen LogP contribution in [0.4, 0.5) is 5.69 Å². The number of unbranched alkanes of at least 4 members (excludes halogenated alkanes) is 2. The lowest BCUT2D eigenvalue weighted by Gasteiger charge is -2.25. The number of carboxylic acid groups (broad SMARTS) is 1. The Labute approximate surface area is 109 Å². The van der Waals surface area contributed by atoms with Crippen LogP contribution in [0.5, 0.6) is 0 Å². The summed E-state index contributed by atoms with van der Waals surface area (Å²) in [7, 11) is 0. The Bertz CT molecular complexity index is 372. The van der Waals surface area contributed by atoms with Gasteiger partial charge in [-0.05, 0) is 25.0 Å². The fourth-order valence-corrected chi connectivity index (χ4v) is 1.87. The quantitative estimate of drug-likeness (QED) is 0.770. The van der Waals surface area contributed by atoms with Gasteiger partial charge in [0.1, 0.15) is 0 Å². The fraction of sp³-hybridized carbons (Fsp3) is 0.571. The number of aromatic nitrogens is 1. The molecule has 4 heteroatoms. The Hall–Kier alpha value is -1.58. The van der Waals surface area contributed by atoms with E-state index in [1.165, 1.54) is 6.20 Å². The van der Waals surface area contributed by atoms with E-state index in [2.05, 4.69) is 23.7 Å². The molecule has 0 aliphatic carbocycles. The van der Waals surface area contributed by atoms with Crippen LogP contribution in [0, 0.1) is 0 Å². The number of rotatable bonds is 8. The van der Waals surface area contributed by atoms with E-state index in [4.69, 9.17) is 0 Å². The smallest absolute Gasteiger partial charge is 0.356 e. The molecule has 0 atom stereocenters. The number of pyridine rings is 1. The maximum Gasteiger partial charge on any atom is 0.356 e. The molecule has 18 heavy (non-hydrogen) atoms. The molecule has 0 bridgehead atoms. The van der Waals surface area contributed by atoms with Gasteiger partial charge in [0.15, 0.2) is 5.69 Å². The van der Waals surface area contributed by atoms with Crippen LogP contribution in [-0.4, -0.2) is 29.1 Å². The lowest BCUT2D eigenvalue weighted by Crippen LogP contribution is -2.27. The summed E-state index contributed by atoms with van der Waals surface area (Å²) in [5, 5.41) is 9.18. The molecule has 0 aliphatic heterocycles. The lowest BCUT2D eigenvalue weighted by atomic mass is 10.2. The van der Waals surface area contributed by atoms with Gasteiger partial charge in [-0.2, -0.15) is 0 Å². The Kier molecular flexibility index (Phi) is 6.19. The lowest BCUT2D eigenvalue weighted by molar-refractivity contribution is 0.0691. The van der Waals surface area contributed by atoms with Crippen molar-refractivity contribution < 1.29 is 9.90 Å². The minimum atomic E-state index is -0.955. The molecule has 0 saturated heterocycles. The Balaban J connectivity index is 2.92. The first-order chi connectivity index (χ1) is 8.70. The second kappa shape index (κ2) is 7.69. The van der Waals surface area contributed by atoms with Crippen molar-refractivity contribution in [1.82, 2.24) is 4.98 Å². The van der Waals surface area contributed by atoms with Gasteiger partial charge in [-0.3, -0.25) is 0 Å². The maximum absolute atomic E-state index is 11.2. The normalized spacial score (nSPS) is 10.3. The number of anilines is 1. The van der Waals surface area contributed by atoms with Crippen LogP contribution in [0.1, 0.15) is 50.0 Å². The topological polar surface area (TPSA) is 53.4 Å². The summed E-state index contributed by atoms with van der Waals surface area (Å²) in [6.07, 6.45) is 5.87. The Morgan fingerprint density at radius 3 is 2.39 bits per heavy atom. The van der Waals surface area contributed by atoms with E-state index in [-0.39, 0.29) is 5.69 Å². The van der Waals surface area contributed by atoms with E-state index in [1.54, 1.807) is 6.07 Å². The van der Waals surface area contributed by atoms with Gasteiger partial charge in [0.25, 0.3) is 0 Å². The van der Waals surface area contributed by atoms with Gasteiger partial charge in [0.05, 0.1) is 5.69 Å². The average molecular weight is 250 g/mol. The number of aromatic carboxylic acids is 1. The van der Waals surface area contributed by atoms with Crippen molar-refractivity contribution in [2.45, 2.75) is 39.5 Å². The van der Waals surface area contributed by atoms with Gasteiger partial charge in [0, 0.05) is 19.3 Å². The highest BCUT2D eigenvalue weighted by atomic mass is 16.4. The van der Waals surface area contributed by atoms with E-state index in [1.807, 2.05) is 6.07 Å². The van der Waals surface area contributed by atoms with Crippen molar-refractivity contribution in [3.8, 4) is 0 Å². The van der Waals surface area contributed by atoms with E-state index in [9.17, 15) is 9.90 Å². The minimum Gasteiger partial charge on any atom is -0.476 e. The predicted molar refractivity (Wildman–Crippen MR) is 73.2 cm³/mol. The Morgan fingerprint density at radius 2 is 1.89 bits per heavy atom. The van der Waals surface area contributed by atoms with Crippen molar-refractivity contribution in [1.29, 1.82) is 0 Å². The summed E-state index contributed by atoms with van der Waals surface area (Å²) in [4.78, 5) is 17.3. The highest BCUT2D eigenvalue weighted by Gasteiger charge is 2.16. The van der Waals surface area contributed by atoms with Crippen LogP contribution in [0.3, 0.4) is 0 Å². The molecular formula is C14H22N2O2. The molecule has 1 N–H and O–H groups in total. The monoisotopic (exact) mass is 250 g/mol. The highest BCUT2D eigenvalue weighted by Crippen LogP contribution is 2.19. The zero-order chi connectivity index (χ0) is 13.4. The number of hydrogen-bond acceptors (Lipinski definition) is 3. The van der Waals surface area contributed by atoms with E-state index in [0.29, 0.717) is 0 Å². The van der Waals surface area contributed by atoms with Crippen molar-refractivity contribution >= 4 is 11.7 Å². The molecule has 4 nitrogen and oxygen atoms in total. The molecule has 0 aromatic carbocycles. The van der Waals surface area contributed by atoms with E-state index < -0.39 is 5.97 Å². The van der Waals surface area contributed by atoms with E-state index >= 15 is 0 Å². The molecule has 0 spiro atoms. The van der Waals surface area contributed by atoms with Crippen LogP contribution in [-0.2, 0) is 0 Å². The third-order valence-corrected chi connectivity index (χ3v) is 2.89. The first kappa shape index (κ1) is 14.5. The van der Waals surface area contributed by atoms with Crippen LogP contribution in [0.25, 0.3) is 0 Å². The fourth-order valence-electron chi connectivity index (χ4n) is 1.87. The highest BCUT2D eigenvalue weighted by molar-refractivity contribution is 5.92. The molecule has 1 aromatic rings. The van der Waals surface area contributed by atoms with Gasteiger partial charge in [-0.1, -0.05) is 26.7 Å². The van der Waals surface area contributed by atoms with Gasteiger partial charge in [-0.25, -0.2) is 9.78 Å². The molecule has 100 valence electrons.